The molecule has 2 aromatic carbocycles. The van der Waals surface area contributed by atoms with Crippen LogP contribution in [0.1, 0.15) is 38.1 Å². The molecule has 0 aromatic heterocycles. The minimum absolute atomic E-state index is 0.134. The fourth-order valence-electron chi connectivity index (χ4n) is 2.69. The third kappa shape index (κ3) is 5.62. The van der Waals surface area contributed by atoms with Crippen molar-refractivity contribution in [1.82, 2.24) is 5.32 Å². The maximum Gasteiger partial charge on any atom is 0.408 e. The van der Waals surface area contributed by atoms with Gasteiger partial charge in [0.15, 0.2) is 0 Å². The number of hydrogen-bond donors (Lipinski definition) is 1. The normalized spacial score (nSPS) is 11.9. The van der Waals surface area contributed by atoms with Crippen LogP contribution in [0.5, 0.6) is 0 Å². The van der Waals surface area contributed by atoms with Crippen molar-refractivity contribution >= 4 is 29.3 Å². The molecule has 1 atom stereocenters. The van der Waals surface area contributed by atoms with Crippen LogP contribution in [-0.2, 0) is 9.53 Å². The average Bonchev–Trinajstić information content (AvgIpc) is 2.68. The Morgan fingerprint density at radius 1 is 1.06 bits per heavy atom. The Bertz CT molecular complexity index is 1050. The fourth-order valence-corrected chi connectivity index (χ4v) is 2.69. The molecule has 0 bridgehead atoms. The molecule has 1 N–H and O–H groups in total. The molecule has 2 aromatic rings. The smallest absolute Gasteiger partial charge is 0.408 e. The predicted octanol–water partition coefficient (Wildman–Crippen LogP) is 3.96. The van der Waals surface area contributed by atoms with Gasteiger partial charge in [-0.15, -0.1) is 0 Å². The number of nitro groups is 1. The topological polar surface area (TPSA) is 119 Å². The van der Waals surface area contributed by atoms with Crippen molar-refractivity contribution in [1.29, 1.82) is 0 Å². The number of rotatable bonds is 5. The molecule has 0 spiro atoms. The van der Waals surface area contributed by atoms with Crippen LogP contribution in [0.2, 0.25) is 0 Å². The van der Waals surface area contributed by atoms with E-state index in [0.717, 1.165) is 30.3 Å². The van der Waals surface area contributed by atoms with Crippen molar-refractivity contribution in [3.63, 3.8) is 0 Å². The number of anilines is 1. The Morgan fingerprint density at radius 3 is 2.16 bits per heavy atom. The van der Waals surface area contributed by atoms with Crippen molar-refractivity contribution in [2.24, 2.45) is 0 Å². The van der Waals surface area contributed by atoms with Crippen LogP contribution in [0.4, 0.5) is 25.0 Å². The molecule has 0 fully saturated rings. The van der Waals surface area contributed by atoms with Crippen molar-refractivity contribution in [3.05, 3.63) is 69.8 Å². The SMILES string of the molecule is C[C@H](NC(=O)OC(C)(C)C)C(=O)N(C(=O)c1ccccc1[N+](=O)[O-])c1c(F)cccc1F. The number of halogens is 2. The minimum Gasteiger partial charge on any atom is -0.444 e. The van der Waals surface area contributed by atoms with Crippen LogP contribution in [0.15, 0.2) is 42.5 Å². The highest BCUT2D eigenvalue weighted by molar-refractivity contribution is 6.23. The molecule has 0 radical (unpaired) electrons. The number of para-hydroxylation sites is 2. The molecule has 170 valence electrons. The molecular formula is C21H21F2N3O6. The second-order valence-corrected chi connectivity index (χ2v) is 7.69. The van der Waals surface area contributed by atoms with Gasteiger partial charge in [-0.2, -0.15) is 0 Å². The molecule has 0 aliphatic rings. The van der Waals surface area contributed by atoms with Gasteiger partial charge in [0.2, 0.25) is 0 Å². The number of carbonyl (C=O) groups excluding carboxylic acids is 3. The fraction of sp³-hybridized carbons (Fsp3) is 0.286. The van der Waals surface area contributed by atoms with E-state index in [-0.39, 0.29) is 4.90 Å². The number of imide groups is 1. The van der Waals surface area contributed by atoms with Crippen molar-refractivity contribution in [2.75, 3.05) is 4.90 Å². The number of nitro benzene ring substituents is 1. The summed E-state index contributed by atoms with van der Waals surface area (Å²) in [4.78, 5) is 48.9. The first-order valence-electron chi connectivity index (χ1n) is 9.38. The molecule has 0 heterocycles. The molecule has 0 saturated carbocycles. The van der Waals surface area contributed by atoms with Gasteiger partial charge in [0, 0.05) is 6.07 Å². The summed E-state index contributed by atoms with van der Waals surface area (Å²) in [6.07, 6.45) is -1.01. The van der Waals surface area contributed by atoms with E-state index in [1.54, 1.807) is 20.8 Å². The van der Waals surface area contributed by atoms with Gasteiger partial charge in [-0.25, -0.2) is 18.5 Å². The summed E-state index contributed by atoms with van der Waals surface area (Å²) in [5.74, 6) is -5.09. The first-order chi connectivity index (χ1) is 14.8. The third-order valence-corrected chi connectivity index (χ3v) is 4.02. The van der Waals surface area contributed by atoms with E-state index in [1.807, 2.05) is 0 Å². The molecule has 0 unspecified atom stereocenters. The Morgan fingerprint density at radius 2 is 1.62 bits per heavy atom. The molecule has 0 saturated heterocycles. The van der Waals surface area contributed by atoms with Gasteiger partial charge in [0.1, 0.15) is 34.5 Å². The van der Waals surface area contributed by atoms with Crippen LogP contribution >= 0.6 is 0 Å². The summed E-state index contributed by atoms with van der Waals surface area (Å²) < 4.78 is 34.1. The lowest BCUT2D eigenvalue weighted by molar-refractivity contribution is -0.385. The third-order valence-electron chi connectivity index (χ3n) is 4.02. The lowest BCUT2D eigenvalue weighted by Gasteiger charge is -2.26. The summed E-state index contributed by atoms with van der Waals surface area (Å²) in [6.45, 7) is 5.92. The van der Waals surface area contributed by atoms with E-state index in [4.69, 9.17) is 4.74 Å². The zero-order valence-electron chi connectivity index (χ0n) is 17.7. The molecule has 11 heteroatoms. The Labute approximate surface area is 182 Å². The summed E-state index contributed by atoms with van der Waals surface area (Å²) in [7, 11) is 0. The Balaban J connectivity index is 2.53. The highest BCUT2D eigenvalue weighted by Crippen LogP contribution is 2.28. The summed E-state index contributed by atoms with van der Waals surface area (Å²) in [5.41, 5.74) is -3.17. The monoisotopic (exact) mass is 449 g/mol. The van der Waals surface area contributed by atoms with Gasteiger partial charge in [-0.1, -0.05) is 18.2 Å². The highest BCUT2D eigenvalue weighted by atomic mass is 19.1. The van der Waals surface area contributed by atoms with E-state index in [2.05, 4.69) is 5.32 Å². The summed E-state index contributed by atoms with van der Waals surface area (Å²) >= 11 is 0. The van der Waals surface area contributed by atoms with Crippen LogP contribution in [0.3, 0.4) is 0 Å². The maximum absolute atomic E-state index is 14.5. The molecule has 0 aliphatic heterocycles. The second kappa shape index (κ2) is 9.50. The number of hydrogen-bond acceptors (Lipinski definition) is 6. The van der Waals surface area contributed by atoms with E-state index < -0.39 is 63.0 Å². The number of amides is 3. The van der Waals surface area contributed by atoms with Crippen molar-refractivity contribution in [3.8, 4) is 0 Å². The number of ether oxygens (including phenoxy) is 1. The quantitative estimate of drug-likeness (QED) is 0.545. The van der Waals surface area contributed by atoms with Crippen LogP contribution in [0, 0.1) is 21.7 Å². The van der Waals surface area contributed by atoms with Gasteiger partial charge < -0.3 is 10.1 Å². The number of nitrogens with zero attached hydrogens (tertiary/aromatic N) is 2. The van der Waals surface area contributed by atoms with E-state index in [0.29, 0.717) is 0 Å². The molecule has 0 aliphatic carbocycles. The minimum atomic E-state index is -1.48. The van der Waals surface area contributed by atoms with E-state index in [1.165, 1.54) is 19.1 Å². The average molecular weight is 449 g/mol. The van der Waals surface area contributed by atoms with Gasteiger partial charge in [0.05, 0.1) is 4.92 Å². The van der Waals surface area contributed by atoms with Gasteiger partial charge in [-0.05, 0) is 45.9 Å². The molecule has 2 rings (SSSR count). The number of alkyl carbamates (subject to hydrolysis) is 1. The first-order valence-corrected chi connectivity index (χ1v) is 9.38. The lowest BCUT2D eigenvalue weighted by atomic mass is 10.1. The van der Waals surface area contributed by atoms with Gasteiger partial charge in [0.25, 0.3) is 17.5 Å². The van der Waals surface area contributed by atoms with E-state index >= 15 is 0 Å². The number of nitrogens with one attached hydrogen (secondary N) is 1. The summed E-state index contributed by atoms with van der Waals surface area (Å²) in [6, 6.07) is 5.82. The van der Waals surface area contributed by atoms with Gasteiger partial charge in [-0.3, -0.25) is 19.7 Å². The zero-order valence-corrected chi connectivity index (χ0v) is 17.7. The zero-order chi connectivity index (χ0) is 24.2. The van der Waals surface area contributed by atoms with Crippen LogP contribution in [-0.4, -0.2) is 34.5 Å². The molecular weight excluding hydrogens is 428 g/mol. The largest absolute Gasteiger partial charge is 0.444 e. The lowest BCUT2D eigenvalue weighted by Crippen LogP contribution is -2.51. The van der Waals surface area contributed by atoms with Crippen molar-refractivity contribution in [2.45, 2.75) is 39.3 Å². The van der Waals surface area contributed by atoms with E-state index in [9.17, 15) is 33.3 Å². The Kier molecular flexibility index (Phi) is 7.24. The molecule has 32 heavy (non-hydrogen) atoms. The maximum atomic E-state index is 14.5. The van der Waals surface area contributed by atoms with Gasteiger partial charge >= 0.3 is 6.09 Å². The molecule has 3 amide bonds. The summed E-state index contributed by atoms with van der Waals surface area (Å²) in [5, 5.41) is 13.5. The standard InChI is InChI=1S/C21H21F2N3O6/c1-12(24-20(29)32-21(2,3)4)18(27)25(17-14(22)9-7-10-15(17)23)19(28)13-8-5-6-11-16(13)26(30)31/h5-12H,1-4H3,(H,24,29)/t12-/m0/s1. The second-order valence-electron chi connectivity index (χ2n) is 7.69. The number of carbonyl (C=O) groups is 3. The molecule has 9 nitrogen and oxygen atoms in total. The first kappa shape index (κ1) is 24.4. The van der Waals surface area contributed by atoms with Crippen LogP contribution in [0.25, 0.3) is 0 Å². The number of benzene rings is 2. The van der Waals surface area contributed by atoms with Crippen LogP contribution < -0.4 is 10.2 Å². The Hall–Kier alpha value is -3.89. The van der Waals surface area contributed by atoms with Crippen molar-refractivity contribution < 1.29 is 32.8 Å². The predicted molar refractivity (Wildman–Crippen MR) is 110 cm³/mol. The highest BCUT2D eigenvalue weighted by Gasteiger charge is 2.36.